The number of fused-ring (bicyclic) bond motifs is 1. The molecule has 2 heterocycles. The van der Waals surface area contributed by atoms with Crippen LogP contribution in [0.15, 0.2) is 115 Å². The van der Waals surface area contributed by atoms with E-state index in [1.807, 2.05) is 78.9 Å². The van der Waals surface area contributed by atoms with Crippen LogP contribution >= 0.6 is 0 Å². The molecule has 176 valence electrons. The Morgan fingerprint density at radius 3 is 2.28 bits per heavy atom. The molecule has 5 heteroatoms. The van der Waals surface area contributed by atoms with E-state index in [1.54, 1.807) is 12.4 Å². The molecule has 36 heavy (non-hydrogen) atoms. The Bertz CT molecular complexity index is 1460. The van der Waals surface area contributed by atoms with E-state index in [0.29, 0.717) is 24.0 Å². The van der Waals surface area contributed by atoms with Gasteiger partial charge in [-0.25, -0.2) is 0 Å². The van der Waals surface area contributed by atoms with Crippen LogP contribution in [-0.2, 0) is 4.79 Å². The van der Waals surface area contributed by atoms with Gasteiger partial charge in [-0.3, -0.25) is 14.6 Å². The molecule has 0 amide bonds. The van der Waals surface area contributed by atoms with Crippen molar-refractivity contribution in [2.45, 2.75) is 24.8 Å². The Kier molecular flexibility index (Phi) is 5.66. The number of aromatic nitrogens is 1. The molecule has 0 saturated heterocycles. The number of carbonyl (C=O) groups excluding carboxylic acids is 2. The van der Waals surface area contributed by atoms with Gasteiger partial charge in [-0.05, 0) is 47.7 Å². The summed E-state index contributed by atoms with van der Waals surface area (Å²) in [6.45, 7) is 0. The molecule has 2 unspecified atom stereocenters. The van der Waals surface area contributed by atoms with E-state index in [0.717, 1.165) is 33.8 Å². The molecule has 0 saturated carbocycles. The van der Waals surface area contributed by atoms with E-state index in [4.69, 9.17) is 0 Å². The van der Waals surface area contributed by atoms with Gasteiger partial charge in [0, 0.05) is 41.2 Å². The lowest BCUT2D eigenvalue weighted by Gasteiger charge is -2.29. The Balaban J connectivity index is 1.43. The summed E-state index contributed by atoms with van der Waals surface area (Å²) in [5.74, 6) is 0.173. The maximum absolute atomic E-state index is 13.6. The number of anilines is 2. The van der Waals surface area contributed by atoms with Crippen molar-refractivity contribution in [1.29, 1.82) is 0 Å². The van der Waals surface area contributed by atoms with Crippen LogP contribution in [0.25, 0.3) is 0 Å². The molecule has 2 aliphatic rings. The summed E-state index contributed by atoms with van der Waals surface area (Å²) >= 11 is 0. The Labute approximate surface area is 209 Å². The number of allylic oxidation sites excluding steroid dienone is 1. The van der Waals surface area contributed by atoms with Crippen LogP contribution in [-0.4, -0.2) is 16.6 Å². The van der Waals surface area contributed by atoms with Crippen LogP contribution < -0.4 is 10.6 Å². The number of nitrogens with one attached hydrogen (secondary N) is 2. The highest BCUT2D eigenvalue weighted by molar-refractivity contribution is 6.10. The highest BCUT2D eigenvalue weighted by atomic mass is 16.1. The molecule has 0 fully saturated rings. The van der Waals surface area contributed by atoms with Crippen LogP contribution in [0.5, 0.6) is 0 Å². The molecular formula is C31H25N3O2. The van der Waals surface area contributed by atoms with E-state index in [9.17, 15) is 9.59 Å². The first-order valence-electron chi connectivity index (χ1n) is 12.2. The third kappa shape index (κ3) is 4.09. The number of hydrogen-bond donors (Lipinski definition) is 2. The van der Waals surface area contributed by atoms with E-state index in [2.05, 4.69) is 27.8 Å². The maximum atomic E-state index is 13.6. The summed E-state index contributed by atoms with van der Waals surface area (Å²) in [6.07, 6.45) is 4.70. The molecule has 1 aliphatic carbocycles. The molecule has 4 aromatic rings. The second-order valence-corrected chi connectivity index (χ2v) is 9.28. The average Bonchev–Trinajstić information content (AvgIpc) is 3.10. The number of carbonyl (C=O) groups is 2. The van der Waals surface area contributed by atoms with E-state index >= 15 is 0 Å². The van der Waals surface area contributed by atoms with Crippen LogP contribution in [0.2, 0.25) is 0 Å². The van der Waals surface area contributed by atoms with E-state index in [1.165, 1.54) is 0 Å². The highest BCUT2D eigenvalue weighted by Crippen LogP contribution is 2.44. The summed E-state index contributed by atoms with van der Waals surface area (Å²) in [6, 6.07) is 28.6. The minimum absolute atomic E-state index is 0.0376. The summed E-state index contributed by atoms with van der Waals surface area (Å²) in [7, 11) is 0. The van der Waals surface area contributed by atoms with Crippen LogP contribution in [0.3, 0.4) is 0 Å². The Morgan fingerprint density at radius 2 is 1.53 bits per heavy atom. The predicted molar refractivity (Wildman–Crippen MR) is 141 cm³/mol. The van der Waals surface area contributed by atoms with Gasteiger partial charge < -0.3 is 10.6 Å². The molecule has 0 spiro atoms. The summed E-state index contributed by atoms with van der Waals surface area (Å²) in [5.41, 5.74) is 6.58. The standard InChI is InChI=1S/C31H25N3O2/c35-28-18-24(20-8-3-1-4-9-20)17-27-29(28)30(23-12-7-15-32-19-23)34-25-14-13-22(16-26(25)33-27)31(36)21-10-5-2-6-11-21/h1-16,19,24,30,33-34H,17-18H2. The second kappa shape index (κ2) is 9.27. The third-order valence-electron chi connectivity index (χ3n) is 6.99. The third-order valence-corrected chi connectivity index (χ3v) is 6.99. The first kappa shape index (κ1) is 22.0. The largest absolute Gasteiger partial charge is 0.372 e. The molecule has 2 N–H and O–H groups in total. The van der Waals surface area contributed by atoms with Gasteiger partial charge in [-0.15, -0.1) is 0 Å². The number of hydrogen-bond acceptors (Lipinski definition) is 5. The first-order valence-corrected chi connectivity index (χ1v) is 12.2. The van der Waals surface area contributed by atoms with Gasteiger partial charge in [-0.2, -0.15) is 0 Å². The molecule has 2 atom stereocenters. The van der Waals surface area contributed by atoms with E-state index < -0.39 is 0 Å². The number of pyridine rings is 1. The van der Waals surface area contributed by atoms with Gasteiger partial charge in [0.25, 0.3) is 0 Å². The Morgan fingerprint density at radius 1 is 0.778 bits per heavy atom. The molecule has 6 rings (SSSR count). The average molecular weight is 472 g/mol. The van der Waals surface area contributed by atoms with Crippen molar-refractivity contribution in [3.63, 3.8) is 0 Å². The molecule has 5 nitrogen and oxygen atoms in total. The smallest absolute Gasteiger partial charge is 0.193 e. The Hall–Kier alpha value is -4.51. The van der Waals surface area contributed by atoms with Gasteiger partial charge in [-0.1, -0.05) is 66.7 Å². The summed E-state index contributed by atoms with van der Waals surface area (Å²) < 4.78 is 0. The fourth-order valence-corrected chi connectivity index (χ4v) is 5.20. The van der Waals surface area contributed by atoms with Crippen molar-refractivity contribution in [1.82, 2.24) is 4.98 Å². The number of ketones is 2. The minimum atomic E-state index is -0.331. The summed E-state index contributed by atoms with van der Waals surface area (Å²) in [4.78, 5) is 31.1. The van der Waals surface area contributed by atoms with Gasteiger partial charge in [0.2, 0.25) is 0 Å². The molecule has 1 aromatic heterocycles. The normalized spacial score (nSPS) is 18.8. The SMILES string of the molecule is O=C1CC(c2ccccc2)CC2=C1C(c1cccnc1)Nc1ccc(C(=O)c3ccccc3)cc1N2. The van der Waals surface area contributed by atoms with Gasteiger partial charge in [0.15, 0.2) is 11.6 Å². The molecule has 0 bridgehead atoms. The van der Waals surface area contributed by atoms with Gasteiger partial charge in [0.1, 0.15) is 0 Å². The van der Waals surface area contributed by atoms with Gasteiger partial charge >= 0.3 is 0 Å². The number of nitrogens with zero attached hydrogens (tertiary/aromatic N) is 1. The zero-order chi connectivity index (χ0) is 24.5. The first-order chi connectivity index (χ1) is 17.7. The molecule has 0 radical (unpaired) electrons. The molecule has 3 aromatic carbocycles. The summed E-state index contributed by atoms with van der Waals surface area (Å²) in [5, 5.41) is 7.14. The van der Waals surface area contributed by atoms with Crippen molar-refractivity contribution in [2.24, 2.45) is 0 Å². The van der Waals surface area contributed by atoms with Crippen molar-refractivity contribution < 1.29 is 9.59 Å². The number of benzene rings is 3. The lowest BCUT2D eigenvalue weighted by molar-refractivity contribution is -0.116. The van der Waals surface area contributed by atoms with Crippen LogP contribution in [0, 0.1) is 0 Å². The number of Topliss-reactive ketones (excluding diaryl/α,β-unsaturated/α-hetero) is 1. The van der Waals surface area contributed by atoms with Gasteiger partial charge in [0.05, 0.1) is 17.4 Å². The topological polar surface area (TPSA) is 71.1 Å². The zero-order valence-corrected chi connectivity index (χ0v) is 19.6. The van der Waals surface area contributed by atoms with Crippen molar-refractivity contribution >= 4 is 22.9 Å². The number of rotatable bonds is 4. The van der Waals surface area contributed by atoms with Crippen LogP contribution in [0.4, 0.5) is 11.4 Å². The highest BCUT2D eigenvalue weighted by Gasteiger charge is 2.36. The quantitative estimate of drug-likeness (QED) is 0.342. The monoisotopic (exact) mass is 471 g/mol. The fraction of sp³-hybridized carbons (Fsp3) is 0.129. The van der Waals surface area contributed by atoms with Crippen molar-refractivity contribution in [3.05, 3.63) is 137 Å². The predicted octanol–water partition coefficient (Wildman–Crippen LogP) is 6.29. The van der Waals surface area contributed by atoms with Crippen molar-refractivity contribution in [3.8, 4) is 0 Å². The molecular weight excluding hydrogens is 446 g/mol. The minimum Gasteiger partial charge on any atom is -0.372 e. The van der Waals surface area contributed by atoms with E-state index in [-0.39, 0.29) is 23.5 Å². The van der Waals surface area contributed by atoms with Crippen LogP contribution in [0.1, 0.15) is 51.8 Å². The van der Waals surface area contributed by atoms with Crippen molar-refractivity contribution in [2.75, 3.05) is 10.6 Å². The lowest BCUT2D eigenvalue weighted by atomic mass is 9.79. The zero-order valence-electron chi connectivity index (χ0n) is 19.6. The molecule has 1 aliphatic heterocycles. The fourth-order valence-electron chi connectivity index (χ4n) is 5.20. The second-order valence-electron chi connectivity index (χ2n) is 9.28. The lowest BCUT2D eigenvalue weighted by Crippen LogP contribution is -2.26. The maximum Gasteiger partial charge on any atom is 0.193 e.